The molecule has 2 aromatic rings. The number of carboxylic acid groups (broad SMARTS) is 1. The summed E-state index contributed by atoms with van der Waals surface area (Å²) in [6.45, 7) is 1.87. The smallest absolute Gasteiger partial charge is 0.337 e. The summed E-state index contributed by atoms with van der Waals surface area (Å²) in [6.07, 6.45) is 0. The van der Waals surface area contributed by atoms with Crippen LogP contribution in [0.4, 0.5) is 10.1 Å². The number of nitrogens with one attached hydrogen (secondary N) is 1. The van der Waals surface area contributed by atoms with E-state index in [1.165, 1.54) is 12.1 Å². The van der Waals surface area contributed by atoms with Crippen LogP contribution < -0.4 is 5.32 Å². The maximum atomic E-state index is 13.7. The Balaban J connectivity index is 2.36. The second-order valence-corrected chi connectivity index (χ2v) is 5.24. The number of hydrogen-bond acceptors (Lipinski definition) is 2. The van der Waals surface area contributed by atoms with E-state index in [0.717, 1.165) is 16.1 Å². The second-order valence-electron chi connectivity index (χ2n) is 4.39. The molecule has 0 saturated heterocycles. The molecule has 0 aliphatic heterocycles. The summed E-state index contributed by atoms with van der Waals surface area (Å²) < 4.78 is 14.5. The van der Waals surface area contributed by atoms with Gasteiger partial charge in [0.15, 0.2) is 0 Å². The minimum absolute atomic E-state index is 0.297. The van der Waals surface area contributed by atoms with Crippen molar-refractivity contribution in [3.8, 4) is 0 Å². The lowest BCUT2D eigenvalue weighted by Gasteiger charge is -2.10. The zero-order chi connectivity index (χ0) is 15.6. The Morgan fingerprint density at radius 3 is 2.57 bits per heavy atom. The number of carbonyl (C=O) groups is 2. The zero-order valence-corrected chi connectivity index (χ0v) is 12.6. The molecule has 0 unspecified atom stereocenters. The van der Waals surface area contributed by atoms with E-state index < -0.39 is 17.7 Å². The van der Waals surface area contributed by atoms with Crippen molar-refractivity contribution in [1.29, 1.82) is 0 Å². The number of carbonyl (C=O) groups excluding carboxylic acids is 1. The predicted molar refractivity (Wildman–Crippen MR) is 80.2 cm³/mol. The van der Waals surface area contributed by atoms with Crippen molar-refractivity contribution >= 4 is 33.5 Å². The van der Waals surface area contributed by atoms with Crippen LogP contribution in [0.3, 0.4) is 0 Å². The minimum Gasteiger partial charge on any atom is -0.478 e. The average molecular weight is 352 g/mol. The van der Waals surface area contributed by atoms with Crippen molar-refractivity contribution in [3.63, 3.8) is 0 Å². The summed E-state index contributed by atoms with van der Waals surface area (Å²) in [6, 6.07) is 8.50. The molecular formula is C15H11BrFNO3. The summed E-state index contributed by atoms with van der Waals surface area (Å²) in [4.78, 5) is 23.2. The molecule has 2 aromatic carbocycles. The van der Waals surface area contributed by atoms with Crippen LogP contribution in [0, 0.1) is 12.7 Å². The molecule has 6 heteroatoms. The summed E-state index contributed by atoms with van der Waals surface area (Å²) in [5, 5.41) is 11.3. The SMILES string of the molecule is Cc1ccc(C(=O)Nc2c(F)cccc2C(=O)O)cc1Br. The van der Waals surface area contributed by atoms with E-state index in [1.54, 1.807) is 18.2 Å². The summed E-state index contributed by atoms with van der Waals surface area (Å²) in [5.74, 6) is -2.69. The molecule has 4 nitrogen and oxygen atoms in total. The fourth-order valence-electron chi connectivity index (χ4n) is 1.75. The molecule has 0 heterocycles. The molecule has 0 spiro atoms. The first-order valence-corrected chi connectivity index (χ1v) is 6.78. The van der Waals surface area contributed by atoms with E-state index in [0.29, 0.717) is 5.56 Å². The Hall–Kier alpha value is -2.21. The molecule has 0 atom stereocenters. The Morgan fingerprint density at radius 1 is 1.24 bits per heavy atom. The Kier molecular flexibility index (Phi) is 4.37. The molecule has 2 N–H and O–H groups in total. The topological polar surface area (TPSA) is 66.4 Å². The van der Waals surface area contributed by atoms with Gasteiger partial charge in [0, 0.05) is 10.0 Å². The van der Waals surface area contributed by atoms with Gasteiger partial charge in [0.2, 0.25) is 0 Å². The number of benzene rings is 2. The molecule has 0 saturated carbocycles. The van der Waals surface area contributed by atoms with Crippen LogP contribution in [0.25, 0.3) is 0 Å². The third kappa shape index (κ3) is 3.28. The highest BCUT2D eigenvalue weighted by atomic mass is 79.9. The van der Waals surface area contributed by atoms with Gasteiger partial charge in [0.25, 0.3) is 5.91 Å². The lowest BCUT2D eigenvalue weighted by Crippen LogP contribution is -2.16. The first-order chi connectivity index (χ1) is 9.90. The van der Waals surface area contributed by atoms with E-state index in [9.17, 15) is 14.0 Å². The molecule has 0 aliphatic carbocycles. The molecule has 108 valence electrons. The highest BCUT2D eigenvalue weighted by Gasteiger charge is 2.17. The number of carboxylic acids is 1. The fraction of sp³-hybridized carbons (Fsp3) is 0.0667. The molecule has 0 aliphatic rings. The van der Waals surface area contributed by atoms with E-state index in [1.807, 2.05) is 6.92 Å². The Bertz CT molecular complexity index is 731. The van der Waals surface area contributed by atoms with Crippen molar-refractivity contribution in [2.24, 2.45) is 0 Å². The van der Waals surface area contributed by atoms with Gasteiger partial charge in [0.1, 0.15) is 5.82 Å². The monoisotopic (exact) mass is 351 g/mol. The second kappa shape index (κ2) is 6.05. The summed E-state index contributed by atoms with van der Waals surface area (Å²) >= 11 is 3.30. The van der Waals surface area contributed by atoms with E-state index >= 15 is 0 Å². The number of hydrogen-bond donors (Lipinski definition) is 2. The number of halogens is 2. The van der Waals surface area contributed by atoms with Crippen LogP contribution in [0.1, 0.15) is 26.3 Å². The third-order valence-corrected chi connectivity index (χ3v) is 3.77. The molecule has 0 radical (unpaired) electrons. The van der Waals surface area contributed by atoms with E-state index in [4.69, 9.17) is 5.11 Å². The first kappa shape index (κ1) is 15.2. The van der Waals surface area contributed by atoms with Crippen LogP contribution >= 0.6 is 15.9 Å². The van der Waals surface area contributed by atoms with Crippen LogP contribution in [0.15, 0.2) is 40.9 Å². The predicted octanol–water partition coefficient (Wildman–Crippen LogP) is 3.85. The van der Waals surface area contributed by atoms with Gasteiger partial charge in [-0.2, -0.15) is 0 Å². The molecule has 0 bridgehead atoms. The Labute approximate surface area is 128 Å². The largest absolute Gasteiger partial charge is 0.478 e. The zero-order valence-electron chi connectivity index (χ0n) is 11.0. The van der Waals surface area contributed by atoms with Gasteiger partial charge in [-0.05, 0) is 36.8 Å². The molecule has 1 amide bonds. The minimum atomic E-state index is -1.31. The van der Waals surface area contributed by atoms with Crippen molar-refractivity contribution in [2.45, 2.75) is 6.92 Å². The molecule has 0 fully saturated rings. The Morgan fingerprint density at radius 2 is 1.95 bits per heavy atom. The molecular weight excluding hydrogens is 341 g/mol. The van der Waals surface area contributed by atoms with Crippen molar-refractivity contribution in [1.82, 2.24) is 0 Å². The van der Waals surface area contributed by atoms with Crippen LogP contribution in [0.5, 0.6) is 0 Å². The van der Waals surface area contributed by atoms with Gasteiger partial charge in [0.05, 0.1) is 11.3 Å². The number of anilines is 1. The van der Waals surface area contributed by atoms with Gasteiger partial charge in [-0.3, -0.25) is 4.79 Å². The quantitative estimate of drug-likeness (QED) is 0.882. The van der Waals surface area contributed by atoms with Gasteiger partial charge in [-0.1, -0.05) is 28.1 Å². The standard InChI is InChI=1S/C15H11BrFNO3/c1-8-5-6-9(7-11(8)16)14(19)18-13-10(15(20)21)3-2-4-12(13)17/h2-7H,1H3,(H,18,19)(H,20,21). The number of rotatable bonds is 3. The van der Waals surface area contributed by atoms with Gasteiger partial charge in [-0.25, -0.2) is 9.18 Å². The van der Waals surface area contributed by atoms with Gasteiger partial charge < -0.3 is 10.4 Å². The highest BCUT2D eigenvalue weighted by molar-refractivity contribution is 9.10. The summed E-state index contributed by atoms with van der Waals surface area (Å²) in [7, 11) is 0. The lowest BCUT2D eigenvalue weighted by atomic mass is 10.1. The van der Waals surface area contributed by atoms with Gasteiger partial charge >= 0.3 is 5.97 Å². The van der Waals surface area contributed by atoms with Crippen LogP contribution in [-0.2, 0) is 0 Å². The van der Waals surface area contributed by atoms with Crippen molar-refractivity contribution in [2.75, 3.05) is 5.32 Å². The normalized spacial score (nSPS) is 10.2. The maximum absolute atomic E-state index is 13.7. The van der Waals surface area contributed by atoms with E-state index in [2.05, 4.69) is 21.2 Å². The van der Waals surface area contributed by atoms with Crippen LogP contribution in [0.2, 0.25) is 0 Å². The molecule has 0 aromatic heterocycles. The maximum Gasteiger partial charge on any atom is 0.337 e. The van der Waals surface area contributed by atoms with Crippen LogP contribution in [-0.4, -0.2) is 17.0 Å². The van der Waals surface area contributed by atoms with Gasteiger partial charge in [-0.15, -0.1) is 0 Å². The van der Waals surface area contributed by atoms with E-state index in [-0.39, 0.29) is 11.3 Å². The number of para-hydroxylation sites is 1. The van der Waals surface area contributed by atoms with Crippen molar-refractivity contribution in [3.05, 3.63) is 63.4 Å². The number of aryl methyl sites for hydroxylation is 1. The van der Waals surface area contributed by atoms with Crippen molar-refractivity contribution < 1.29 is 19.1 Å². The third-order valence-electron chi connectivity index (χ3n) is 2.92. The first-order valence-electron chi connectivity index (χ1n) is 5.99. The average Bonchev–Trinajstić information content (AvgIpc) is 2.43. The molecule has 2 rings (SSSR count). The fourth-order valence-corrected chi connectivity index (χ4v) is 2.13. The number of amides is 1. The number of aromatic carboxylic acids is 1. The lowest BCUT2D eigenvalue weighted by molar-refractivity contribution is 0.0697. The summed E-state index contributed by atoms with van der Waals surface area (Å²) in [5.41, 5.74) is 0.608. The highest BCUT2D eigenvalue weighted by Crippen LogP contribution is 2.22. The molecule has 21 heavy (non-hydrogen) atoms.